The number of rotatable bonds is 5. The average molecular weight is 356 g/mol. The van der Waals surface area contributed by atoms with Crippen LogP contribution < -0.4 is 10.1 Å². The predicted octanol–water partition coefficient (Wildman–Crippen LogP) is 4.66. The van der Waals surface area contributed by atoms with E-state index in [1.54, 1.807) is 24.3 Å². The maximum Gasteiger partial charge on any atom is 0.265 e. The fourth-order valence-electron chi connectivity index (χ4n) is 2.33. The second-order valence-corrected chi connectivity index (χ2v) is 6.57. The van der Waals surface area contributed by atoms with Gasteiger partial charge in [-0.1, -0.05) is 24.3 Å². The van der Waals surface area contributed by atoms with Gasteiger partial charge >= 0.3 is 0 Å². The number of aryl methyl sites for hydroxylation is 1. The van der Waals surface area contributed by atoms with E-state index in [0.29, 0.717) is 11.4 Å². The molecule has 0 radical (unpaired) electrons. The van der Waals surface area contributed by atoms with Gasteiger partial charge in [0.25, 0.3) is 5.91 Å². The van der Waals surface area contributed by atoms with Crippen molar-refractivity contribution in [1.82, 2.24) is 4.98 Å². The first kappa shape index (κ1) is 17.1. The van der Waals surface area contributed by atoms with Crippen molar-refractivity contribution in [1.29, 1.82) is 0 Å². The third-order valence-electron chi connectivity index (χ3n) is 3.56. The maximum absolute atomic E-state index is 13.2. The largest absolute Gasteiger partial charge is 0.481 e. The molecule has 3 rings (SSSR count). The number of nitrogens with zero attached hydrogens (tertiary/aromatic N) is 1. The van der Waals surface area contributed by atoms with Crippen molar-refractivity contribution in [3.05, 3.63) is 64.7 Å². The number of benzene rings is 2. The Kier molecular flexibility index (Phi) is 5.09. The lowest BCUT2D eigenvalue weighted by Gasteiger charge is -2.16. The normalized spacial score (nSPS) is 11.8. The highest BCUT2D eigenvalue weighted by molar-refractivity contribution is 7.09. The maximum atomic E-state index is 13.2. The van der Waals surface area contributed by atoms with Crippen molar-refractivity contribution in [2.24, 2.45) is 0 Å². The summed E-state index contributed by atoms with van der Waals surface area (Å²) in [5.41, 5.74) is 2.32. The van der Waals surface area contributed by atoms with Gasteiger partial charge in [0.15, 0.2) is 6.10 Å². The molecule has 1 heterocycles. The predicted molar refractivity (Wildman–Crippen MR) is 97.4 cm³/mol. The minimum Gasteiger partial charge on any atom is -0.481 e. The van der Waals surface area contributed by atoms with Gasteiger partial charge in [0, 0.05) is 17.0 Å². The Labute approximate surface area is 149 Å². The van der Waals surface area contributed by atoms with E-state index >= 15 is 0 Å². The minimum absolute atomic E-state index is 0.311. The average Bonchev–Trinajstić information content (AvgIpc) is 3.01. The van der Waals surface area contributed by atoms with Crippen molar-refractivity contribution < 1.29 is 13.9 Å². The number of aromatic nitrogens is 1. The van der Waals surface area contributed by atoms with E-state index in [0.717, 1.165) is 16.3 Å². The lowest BCUT2D eigenvalue weighted by atomic mass is 10.1. The van der Waals surface area contributed by atoms with Crippen molar-refractivity contribution in [3.63, 3.8) is 0 Å². The summed E-state index contributed by atoms with van der Waals surface area (Å²) in [7, 11) is 0. The summed E-state index contributed by atoms with van der Waals surface area (Å²) in [4.78, 5) is 16.9. The van der Waals surface area contributed by atoms with Gasteiger partial charge in [-0.25, -0.2) is 9.37 Å². The van der Waals surface area contributed by atoms with Crippen LogP contribution in [0.4, 0.5) is 10.1 Å². The number of hydrogen-bond acceptors (Lipinski definition) is 4. The molecule has 3 aromatic rings. The van der Waals surface area contributed by atoms with Gasteiger partial charge in [-0.3, -0.25) is 4.79 Å². The Balaban J connectivity index is 1.75. The molecule has 0 aliphatic heterocycles. The number of halogens is 1. The van der Waals surface area contributed by atoms with E-state index in [1.807, 2.05) is 36.6 Å². The van der Waals surface area contributed by atoms with Gasteiger partial charge in [0.1, 0.15) is 11.6 Å². The first-order valence-electron chi connectivity index (χ1n) is 7.77. The van der Waals surface area contributed by atoms with Crippen LogP contribution in [0.3, 0.4) is 0 Å². The fraction of sp³-hybridized carbons (Fsp3) is 0.158. The molecule has 0 fully saturated rings. The first-order valence-corrected chi connectivity index (χ1v) is 8.65. The molecular formula is C19H17FN2O2S. The number of para-hydroxylation sites is 1. The van der Waals surface area contributed by atoms with Gasteiger partial charge in [0.05, 0.1) is 16.4 Å². The highest BCUT2D eigenvalue weighted by atomic mass is 32.1. The molecule has 1 amide bonds. The number of carbonyl (C=O) groups is 1. The lowest BCUT2D eigenvalue weighted by Crippen LogP contribution is -2.30. The zero-order valence-corrected chi connectivity index (χ0v) is 14.6. The molecule has 128 valence electrons. The van der Waals surface area contributed by atoms with Gasteiger partial charge in [-0.2, -0.15) is 0 Å². The second-order valence-electron chi connectivity index (χ2n) is 5.50. The van der Waals surface area contributed by atoms with Crippen LogP contribution in [0.1, 0.15) is 11.9 Å². The monoisotopic (exact) mass is 356 g/mol. The topological polar surface area (TPSA) is 51.2 Å². The Morgan fingerprint density at radius 3 is 2.76 bits per heavy atom. The van der Waals surface area contributed by atoms with E-state index < -0.39 is 11.9 Å². The third kappa shape index (κ3) is 4.22. The lowest BCUT2D eigenvalue weighted by molar-refractivity contribution is -0.122. The highest BCUT2D eigenvalue weighted by Gasteiger charge is 2.17. The Morgan fingerprint density at radius 2 is 2.04 bits per heavy atom. The molecule has 0 aliphatic rings. The zero-order chi connectivity index (χ0) is 17.8. The molecule has 0 saturated carbocycles. The van der Waals surface area contributed by atoms with Crippen LogP contribution in [0.5, 0.6) is 5.75 Å². The van der Waals surface area contributed by atoms with Crippen molar-refractivity contribution in [2.75, 3.05) is 5.32 Å². The minimum atomic E-state index is -0.771. The van der Waals surface area contributed by atoms with Crippen LogP contribution in [0.15, 0.2) is 53.9 Å². The summed E-state index contributed by atoms with van der Waals surface area (Å²) in [6, 6.07) is 13.2. The summed E-state index contributed by atoms with van der Waals surface area (Å²) in [5, 5.41) is 5.77. The fourth-order valence-corrected chi connectivity index (χ4v) is 2.95. The first-order chi connectivity index (χ1) is 12.0. The Hall–Kier alpha value is -2.73. The summed E-state index contributed by atoms with van der Waals surface area (Å²) in [6.45, 7) is 3.56. The van der Waals surface area contributed by atoms with Gasteiger partial charge in [-0.15, -0.1) is 11.3 Å². The van der Waals surface area contributed by atoms with E-state index in [-0.39, 0.29) is 5.91 Å². The number of thiazole rings is 1. The molecule has 0 spiro atoms. The van der Waals surface area contributed by atoms with Crippen molar-refractivity contribution in [3.8, 4) is 17.0 Å². The van der Waals surface area contributed by atoms with E-state index in [1.165, 1.54) is 18.2 Å². The van der Waals surface area contributed by atoms with Gasteiger partial charge in [0.2, 0.25) is 0 Å². The Bertz CT molecular complexity index is 894. The quantitative estimate of drug-likeness (QED) is 0.723. The molecule has 1 N–H and O–H groups in total. The van der Waals surface area contributed by atoms with Gasteiger partial charge in [-0.05, 0) is 32.0 Å². The zero-order valence-electron chi connectivity index (χ0n) is 13.8. The van der Waals surface area contributed by atoms with Crippen molar-refractivity contribution in [2.45, 2.75) is 20.0 Å². The SMILES string of the molecule is Cc1nc(-c2ccccc2NC(=O)C(C)Oc2cccc(F)c2)cs1. The van der Waals surface area contributed by atoms with Crippen LogP contribution in [-0.4, -0.2) is 17.0 Å². The van der Waals surface area contributed by atoms with Crippen LogP contribution in [0.25, 0.3) is 11.3 Å². The highest BCUT2D eigenvalue weighted by Crippen LogP contribution is 2.29. The van der Waals surface area contributed by atoms with Crippen LogP contribution >= 0.6 is 11.3 Å². The molecule has 0 saturated heterocycles. The molecule has 4 nitrogen and oxygen atoms in total. The van der Waals surface area contributed by atoms with Crippen LogP contribution in [-0.2, 0) is 4.79 Å². The van der Waals surface area contributed by atoms with Gasteiger partial charge < -0.3 is 10.1 Å². The molecule has 25 heavy (non-hydrogen) atoms. The summed E-state index contributed by atoms with van der Waals surface area (Å²) in [6.07, 6.45) is -0.771. The third-order valence-corrected chi connectivity index (χ3v) is 4.33. The molecule has 1 aromatic heterocycles. The van der Waals surface area contributed by atoms with Crippen molar-refractivity contribution >= 4 is 22.9 Å². The summed E-state index contributed by atoms with van der Waals surface area (Å²) >= 11 is 1.55. The number of nitrogens with one attached hydrogen (secondary N) is 1. The van der Waals surface area contributed by atoms with Crippen LogP contribution in [0, 0.1) is 12.7 Å². The molecule has 0 bridgehead atoms. The number of ether oxygens (including phenoxy) is 1. The van der Waals surface area contributed by atoms with E-state index in [9.17, 15) is 9.18 Å². The van der Waals surface area contributed by atoms with Crippen LogP contribution in [0.2, 0.25) is 0 Å². The smallest absolute Gasteiger partial charge is 0.265 e. The standard InChI is InChI=1S/C19H17FN2O2S/c1-12(24-15-7-5-6-14(20)10-15)19(23)22-17-9-4-3-8-16(17)18-11-25-13(2)21-18/h3-12H,1-2H3,(H,22,23). The molecular weight excluding hydrogens is 339 g/mol. The summed E-state index contributed by atoms with van der Waals surface area (Å²) < 4.78 is 18.7. The molecule has 0 aliphatic carbocycles. The Morgan fingerprint density at radius 1 is 1.24 bits per heavy atom. The second kappa shape index (κ2) is 7.44. The van der Waals surface area contributed by atoms with E-state index in [2.05, 4.69) is 10.3 Å². The molecule has 1 atom stereocenters. The molecule has 6 heteroatoms. The number of carbonyl (C=O) groups excluding carboxylic acids is 1. The molecule has 1 unspecified atom stereocenters. The number of anilines is 1. The summed E-state index contributed by atoms with van der Waals surface area (Å²) in [5.74, 6) is -0.413. The molecule has 2 aromatic carbocycles. The number of hydrogen-bond donors (Lipinski definition) is 1. The van der Waals surface area contributed by atoms with E-state index in [4.69, 9.17) is 4.74 Å². The number of amides is 1.